The zero-order chi connectivity index (χ0) is 10.2. The molecular weight excluding hydrogens is 217 g/mol. The molecule has 0 N–H and O–H groups in total. The second-order valence-corrected chi connectivity index (χ2v) is 3.07. The first kappa shape index (κ1) is 11.6. The van der Waals surface area contributed by atoms with Crippen LogP contribution in [0.25, 0.3) is 0 Å². The highest BCUT2D eigenvalue weighted by Gasteiger charge is 2.50. The second kappa shape index (κ2) is 2.80. The Bertz CT molecular complexity index is 247. The van der Waals surface area contributed by atoms with E-state index in [4.69, 9.17) is 0 Å². The van der Waals surface area contributed by atoms with Gasteiger partial charge in [0.2, 0.25) is 0 Å². The molecule has 0 saturated carbocycles. The standard InChI is InChI=1S/CBF6O3S/c3-1(4,5)12(9,10)11-2(6,7)8/q-1. The highest BCUT2D eigenvalue weighted by atomic mass is 32.2. The molecule has 0 aliphatic heterocycles. The minimum absolute atomic E-state index is 1.90. The Balaban J connectivity index is 4.70. The molecule has 0 saturated heterocycles. The fraction of sp³-hybridized carbons (Fsp3) is 1.00. The summed E-state index contributed by atoms with van der Waals surface area (Å²) in [5.74, 6) is 0. The molecule has 0 unspecified atom stereocenters. The summed E-state index contributed by atoms with van der Waals surface area (Å²) in [6.07, 6.45) is 0. The molecule has 11 heteroatoms. The fourth-order valence-electron chi connectivity index (χ4n) is 0.198. The first-order chi connectivity index (χ1) is 4.96. The maximum Gasteiger partial charge on any atom is 0.651 e. The first-order valence-corrected chi connectivity index (χ1v) is 3.57. The van der Waals surface area contributed by atoms with Gasteiger partial charge in [-0.2, -0.15) is 21.6 Å². The summed E-state index contributed by atoms with van der Waals surface area (Å²) in [6, 6.07) is 0. The molecule has 0 aromatic carbocycles. The molecule has 0 spiro atoms. The van der Waals surface area contributed by atoms with Crippen molar-refractivity contribution in [1.82, 2.24) is 0 Å². The molecule has 0 radical (unpaired) electrons. The van der Waals surface area contributed by atoms with Crippen molar-refractivity contribution in [3.05, 3.63) is 0 Å². The van der Waals surface area contributed by atoms with Crippen LogP contribution in [0.1, 0.15) is 0 Å². The van der Waals surface area contributed by atoms with Gasteiger partial charge in [0.05, 0.1) is 0 Å². The van der Waals surface area contributed by atoms with Gasteiger partial charge < -0.3 is 17.0 Å². The third-order valence-electron chi connectivity index (χ3n) is 0.519. The highest BCUT2D eigenvalue weighted by Crippen LogP contribution is 2.28. The molecule has 0 aliphatic rings. The highest BCUT2D eigenvalue weighted by molar-refractivity contribution is 7.88. The van der Waals surface area contributed by atoms with Gasteiger partial charge in [0, 0.05) is 0 Å². The number of alkyl halides is 3. The van der Waals surface area contributed by atoms with Crippen LogP contribution in [-0.2, 0) is 14.2 Å². The zero-order valence-electron chi connectivity index (χ0n) is 4.98. The lowest BCUT2D eigenvalue weighted by Crippen LogP contribution is -2.34. The molecule has 74 valence electrons. The molecule has 0 fully saturated rings. The average molecular weight is 217 g/mol. The zero-order valence-corrected chi connectivity index (χ0v) is 5.79. The Morgan fingerprint density at radius 3 is 1.50 bits per heavy atom. The second-order valence-electron chi connectivity index (χ2n) is 1.51. The topological polar surface area (TPSA) is 43.4 Å². The van der Waals surface area contributed by atoms with Crippen molar-refractivity contribution in [2.24, 2.45) is 0 Å². The van der Waals surface area contributed by atoms with E-state index >= 15 is 0 Å². The summed E-state index contributed by atoms with van der Waals surface area (Å²) in [5, 5.41) is 0. The molecule has 0 atom stereocenters. The summed E-state index contributed by atoms with van der Waals surface area (Å²) < 4.78 is 87.7. The largest absolute Gasteiger partial charge is 0.651 e. The molecular formula is CBF6O3S-. The van der Waals surface area contributed by atoms with Crippen molar-refractivity contribution in [2.45, 2.75) is 5.51 Å². The van der Waals surface area contributed by atoms with Crippen LogP contribution in [0.3, 0.4) is 0 Å². The quantitative estimate of drug-likeness (QED) is 0.396. The van der Waals surface area contributed by atoms with E-state index in [-0.39, 0.29) is 0 Å². The number of rotatable bonds is 2. The van der Waals surface area contributed by atoms with E-state index in [0.717, 1.165) is 0 Å². The van der Waals surface area contributed by atoms with Gasteiger partial charge in [-0.25, -0.2) is 0 Å². The Labute approximate surface area is 62.5 Å². The van der Waals surface area contributed by atoms with Gasteiger partial charge in [-0.15, -0.1) is 0 Å². The normalized spacial score (nSPS) is 14.8. The van der Waals surface area contributed by atoms with Crippen molar-refractivity contribution >= 4 is 17.3 Å². The van der Waals surface area contributed by atoms with Crippen molar-refractivity contribution in [2.75, 3.05) is 0 Å². The van der Waals surface area contributed by atoms with Gasteiger partial charge in [-0.3, -0.25) is 0 Å². The lowest BCUT2D eigenvalue weighted by Gasteiger charge is -2.16. The molecule has 0 heterocycles. The number of hydrogen-bond acceptors (Lipinski definition) is 3. The van der Waals surface area contributed by atoms with Crippen LogP contribution in [0.15, 0.2) is 0 Å². The smallest absolute Gasteiger partial charge is 0.421 e. The van der Waals surface area contributed by atoms with Crippen molar-refractivity contribution < 1.29 is 38.6 Å². The van der Waals surface area contributed by atoms with Crippen LogP contribution in [-0.4, -0.2) is 21.1 Å². The van der Waals surface area contributed by atoms with Crippen LogP contribution in [0.2, 0.25) is 0 Å². The van der Waals surface area contributed by atoms with Gasteiger partial charge in [-0.05, 0) is 0 Å². The van der Waals surface area contributed by atoms with Crippen LogP contribution < -0.4 is 0 Å². The summed E-state index contributed by atoms with van der Waals surface area (Å²) in [4.78, 5) is 0. The van der Waals surface area contributed by atoms with Crippen LogP contribution >= 0.6 is 0 Å². The van der Waals surface area contributed by atoms with Gasteiger partial charge in [0.1, 0.15) is 0 Å². The van der Waals surface area contributed by atoms with E-state index in [9.17, 15) is 34.5 Å². The lowest BCUT2D eigenvalue weighted by atomic mass is 10.3. The van der Waals surface area contributed by atoms with Gasteiger partial charge in [-0.1, -0.05) is 0 Å². The molecule has 0 aromatic heterocycles. The SMILES string of the molecule is O=S(=O)(O[B-](F)(F)F)C(F)(F)F. The molecule has 0 aromatic rings. The Morgan fingerprint density at radius 2 is 1.42 bits per heavy atom. The third-order valence-corrected chi connectivity index (χ3v) is 1.56. The Hall–Kier alpha value is -0.445. The third kappa shape index (κ3) is 3.30. The Kier molecular flexibility index (Phi) is 2.70. The van der Waals surface area contributed by atoms with Crippen LogP contribution in [0.5, 0.6) is 0 Å². The molecule has 3 nitrogen and oxygen atoms in total. The fourth-order valence-corrected chi connectivity index (χ4v) is 0.595. The van der Waals surface area contributed by atoms with E-state index in [1.165, 1.54) is 0 Å². The minimum atomic E-state index is -6.55. The molecule has 0 amide bonds. The minimum Gasteiger partial charge on any atom is -0.421 e. The average Bonchev–Trinajstić information content (AvgIpc) is 1.52. The monoisotopic (exact) mass is 217 g/mol. The molecule has 0 bridgehead atoms. The van der Waals surface area contributed by atoms with Gasteiger partial charge >= 0.3 is 22.8 Å². The summed E-state index contributed by atoms with van der Waals surface area (Å²) in [5.41, 5.74) is -6.05. The maximum absolute atomic E-state index is 11.2. The Morgan fingerprint density at radius 1 is 1.08 bits per heavy atom. The van der Waals surface area contributed by atoms with E-state index in [1.807, 2.05) is 4.10 Å². The summed E-state index contributed by atoms with van der Waals surface area (Å²) in [7, 11) is -13.0. The lowest BCUT2D eigenvalue weighted by molar-refractivity contribution is -0.0519. The number of halogens is 6. The van der Waals surface area contributed by atoms with Crippen molar-refractivity contribution in [3.8, 4) is 0 Å². The van der Waals surface area contributed by atoms with Crippen LogP contribution in [0.4, 0.5) is 26.1 Å². The predicted molar refractivity (Wildman–Crippen MR) is 25.1 cm³/mol. The molecule has 0 rings (SSSR count). The van der Waals surface area contributed by atoms with Crippen molar-refractivity contribution in [3.63, 3.8) is 0 Å². The van der Waals surface area contributed by atoms with E-state index < -0.39 is 22.8 Å². The van der Waals surface area contributed by atoms with Gasteiger partial charge in [0.25, 0.3) is 0 Å². The van der Waals surface area contributed by atoms with Crippen LogP contribution in [0, 0.1) is 0 Å². The molecule has 0 aliphatic carbocycles. The van der Waals surface area contributed by atoms with Crippen molar-refractivity contribution in [1.29, 1.82) is 0 Å². The summed E-state index contributed by atoms with van der Waals surface area (Å²) in [6.45, 7) is 0. The summed E-state index contributed by atoms with van der Waals surface area (Å²) >= 11 is 0. The van der Waals surface area contributed by atoms with E-state index in [2.05, 4.69) is 0 Å². The maximum atomic E-state index is 11.2. The first-order valence-electron chi connectivity index (χ1n) is 2.16. The van der Waals surface area contributed by atoms with Gasteiger partial charge in [0.15, 0.2) is 0 Å². The predicted octanol–water partition coefficient (Wildman–Crippen LogP) is 1.20. The number of hydrogen-bond donors (Lipinski definition) is 0. The van der Waals surface area contributed by atoms with E-state index in [0.29, 0.717) is 0 Å². The molecule has 12 heavy (non-hydrogen) atoms. The van der Waals surface area contributed by atoms with E-state index in [1.54, 1.807) is 0 Å².